The molecule has 0 aromatic carbocycles. The molecule has 0 spiro atoms. The number of halogens is 1. The molecule has 1 aromatic heterocycles. The summed E-state index contributed by atoms with van der Waals surface area (Å²) in [6, 6.07) is 0.269. The first-order valence-electron chi connectivity index (χ1n) is 5.32. The molecule has 0 aliphatic heterocycles. The Morgan fingerprint density at radius 3 is 2.94 bits per heavy atom. The zero-order chi connectivity index (χ0) is 12.3. The minimum Gasteiger partial charge on any atom is -0.516 e. The van der Waals surface area contributed by atoms with Gasteiger partial charge >= 0.3 is 0 Å². The van der Waals surface area contributed by atoms with Crippen molar-refractivity contribution >= 4 is 29.3 Å². The Labute approximate surface area is 104 Å². The molecule has 0 atom stereocenters. The fourth-order valence-corrected chi connectivity index (χ4v) is 1.86. The molecule has 0 amide bonds. The summed E-state index contributed by atoms with van der Waals surface area (Å²) in [4.78, 5) is 12.2. The Morgan fingerprint density at radius 1 is 1.53 bits per heavy atom. The number of nitrogens with zero attached hydrogens (tertiary/aromatic N) is 3. The Bertz CT molecular complexity index is 465. The van der Waals surface area contributed by atoms with Crippen LogP contribution in [0.25, 0.3) is 0 Å². The SMILES string of the molecule is C/C=N/c1c(Cl)ncnc1NC1CC(=CO)C1. The van der Waals surface area contributed by atoms with E-state index in [0.717, 1.165) is 24.7 Å². The highest BCUT2D eigenvalue weighted by atomic mass is 35.5. The molecular formula is C11H13ClN4O. The van der Waals surface area contributed by atoms with Crippen molar-refractivity contribution in [3.05, 3.63) is 23.3 Å². The molecule has 0 unspecified atom stereocenters. The predicted molar refractivity (Wildman–Crippen MR) is 68.2 cm³/mol. The first-order valence-corrected chi connectivity index (χ1v) is 5.70. The number of rotatable bonds is 3. The van der Waals surface area contributed by atoms with Gasteiger partial charge in [0.05, 0.1) is 6.26 Å². The van der Waals surface area contributed by atoms with Crippen LogP contribution in [0.4, 0.5) is 11.5 Å². The average Bonchev–Trinajstić information content (AvgIpc) is 2.27. The van der Waals surface area contributed by atoms with Gasteiger partial charge in [0.1, 0.15) is 12.0 Å². The van der Waals surface area contributed by atoms with Crippen molar-refractivity contribution in [2.75, 3.05) is 5.32 Å². The van der Waals surface area contributed by atoms with Crippen molar-refractivity contribution in [3.8, 4) is 0 Å². The number of aliphatic hydroxyl groups excluding tert-OH is 1. The molecule has 0 radical (unpaired) electrons. The molecule has 2 N–H and O–H groups in total. The molecule has 1 fully saturated rings. The molecule has 2 rings (SSSR count). The van der Waals surface area contributed by atoms with Crippen LogP contribution in [0, 0.1) is 0 Å². The highest BCUT2D eigenvalue weighted by molar-refractivity contribution is 6.32. The van der Waals surface area contributed by atoms with E-state index in [4.69, 9.17) is 16.7 Å². The van der Waals surface area contributed by atoms with Gasteiger partial charge in [-0.05, 0) is 25.3 Å². The van der Waals surface area contributed by atoms with Crippen molar-refractivity contribution in [1.82, 2.24) is 9.97 Å². The number of anilines is 1. The zero-order valence-electron chi connectivity index (χ0n) is 9.39. The van der Waals surface area contributed by atoms with E-state index in [2.05, 4.69) is 20.3 Å². The summed E-state index contributed by atoms with van der Waals surface area (Å²) in [5.74, 6) is 0.630. The molecule has 1 aliphatic carbocycles. The molecule has 1 saturated carbocycles. The lowest BCUT2D eigenvalue weighted by Crippen LogP contribution is -2.30. The number of nitrogens with one attached hydrogen (secondary N) is 1. The van der Waals surface area contributed by atoms with Crippen LogP contribution in [-0.2, 0) is 0 Å². The molecular weight excluding hydrogens is 240 g/mol. The number of aromatic nitrogens is 2. The monoisotopic (exact) mass is 252 g/mol. The van der Waals surface area contributed by atoms with Crippen molar-refractivity contribution in [3.63, 3.8) is 0 Å². The molecule has 1 heterocycles. The predicted octanol–water partition coefficient (Wildman–Crippen LogP) is 2.87. The fraction of sp³-hybridized carbons (Fsp3) is 0.364. The highest BCUT2D eigenvalue weighted by Crippen LogP contribution is 2.34. The van der Waals surface area contributed by atoms with Crippen LogP contribution < -0.4 is 5.32 Å². The largest absolute Gasteiger partial charge is 0.516 e. The van der Waals surface area contributed by atoms with E-state index in [0.29, 0.717) is 16.7 Å². The molecule has 0 saturated heterocycles. The van der Waals surface area contributed by atoms with Gasteiger partial charge in [0.2, 0.25) is 0 Å². The standard InChI is InChI=1S/C11H13ClN4O/c1-2-13-9-10(12)14-6-15-11(9)16-8-3-7(4-8)5-17/h2,5-6,8,17H,3-4H2,1H3,(H,14,15,16)/b7-5?,13-2+. The van der Waals surface area contributed by atoms with Gasteiger partial charge in [-0.25, -0.2) is 9.97 Å². The smallest absolute Gasteiger partial charge is 0.160 e. The Morgan fingerprint density at radius 2 is 2.29 bits per heavy atom. The third-order valence-corrected chi connectivity index (χ3v) is 2.85. The Balaban J connectivity index is 2.13. The highest BCUT2D eigenvalue weighted by Gasteiger charge is 2.24. The Kier molecular flexibility index (Phi) is 3.58. The molecule has 17 heavy (non-hydrogen) atoms. The van der Waals surface area contributed by atoms with Crippen molar-refractivity contribution in [2.24, 2.45) is 4.99 Å². The maximum atomic E-state index is 8.79. The van der Waals surface area contributed by atoms with E-state index in [1.54, 1.807) is 6.21 Å². The van der Waals surface area contributed by atoms with Crippen LogP contribution in [0.5, 0.6) is 0 Å². The van der Waals surface area contributed by atoms with Gasteiger partial charge in [-0.15, -0.1) is 0 Å². The average molecular weight is 253 g/mol. The number of hydrogen-bond donors (Lipinski definition) is 2. The molecule has 6 heteroatoms. The summed E-state index contributed by atoms with van der Waals surface area (Å²) in [6.45, 7) is 1.81. The van der Waals surface area contributed by atoms with Crippen molar-refractivity contribution in [2.45, 2.75) is 25.8 Å². The van der Waals surface area contributed by atoms with Crippen LogP contribution in [0.15, 0.2) is 23.2 Å². The lowest BCUT2D eigenvalue weighted by atomic mass is 9.87. The van der Waals surface area contributed by atoms with Gasteiger partial charge in [0, 0.05) is 12.3 Å². The maximum Gasteiger partial charge on any atom is 0.160 e. The van der Waals surface area contributed by atoms with E-state index in [9.17, 15) is 0 Å². The van der Waals surface area contributed by atoms with Crippen LogP contribution in [0.2, 0.25) is 5.15 Å². The number of aliphatic hydroxyl groups is 1. The zero-order valence-corrected chi connectivity index (χ0v) is 10.1. The third-order valence-electron chi connectivity index (χ3n) is 2.58. The van der Waals surface area contributed by atoms with Crippen molar-refractivity contribution < 1.29 is 5.11 Å². The van der Waals surface area contributed by atoms with Gasteiger partial charge in [0.15, 0.2) is 11.0 Å². The van der Waals surface area contributed by atoms with E-state index in [1.165, 1.54) is 6.33 Å². The van der Waals surface area contributed by atoms with Gasteiger partial charge in [-0.1, -0.05) is 11.6 Å². The summed E-state index contributed by atoms with van der Waals surface area (Å²) < 4.78 is 0. The minimum atomic E-state index is 0.269. The van der Waals surface area contributed by atoms with Crippen LogP contribution in [0.1, 0.15) is 19.8 Å². The fourth-order valence-electron chi connectivity index (χ4n) is 1.68. The second kappa shape index (κ2) is 5.14. The number of aliphatic imine (C=N–C) groups is 1. The number of hydrogen-bond acceptors (Lipinski definition) is 5. The van der Waals surface area contributed by atoms with E-state index in [-0.39, 0.29) is 6.04 Å². The quantitative estimate of drug-likeness (QED) is 0.493. The first-order chi connectivity index (χ1) is 8.24. The van der Waals surface area contributed by atoms with Crippen LogP contribution in [-0.4, -0.2) is 27.3 Å². The van der Waals surface area contributed by atoms with Gasteiger partial charge in [-0.2, -0.15) is 0 Å². The summed E-state index contributed by atoms with van der Waals surface area (Å²) >= 11 is 5.95. The second-order valence-corrected chi connectivity index (χ2v) is 4.14. The molecule has 90 valence electrons. The molecule has 1 aliphatic rings. The summed E-state index contributed by atoms with van der Waals surface area (Å²) in [7, 11) is 0. The van der Waals surface area contributed by atoms with E-state index >= 15 is 0 Å². The molecule has 5 nitrogen and oxygen atoms in total. The Hall–Kier alpha value is -1.62. The van der Waals surface area contributed by atoms with E-state index in [1.807, 2.05) is 6.92 Å². The maximum absolute atomic E-state index is 8.79. The molecule has 1 aromatic rings. The lowest BCUT2D eigenvalue weighted by molar-refractivity contribution is 0.438. The second-order valence-electron chi connectivity index (χ2n) is 3.79. The summed E-state index contributed by atoms with van der Waals surface area (Å²) in [5.41, 5.74) is 1.58. The van der Waals surface area contributed by atoms with Crippen LogP contribution in [0.3, 0.4) is 0 Å². The third kappa shape index (κ3) is 2.55. The van der Waals surface area contributed by atoms with Gasteiger partial charge < -0.3 is 10.4 Å². The van der Waals surface area contributed by atoms with Gasteiger partial charge in [0.25, 0.3) is 0 Å². The summed E-state index contributed by atoms with van der Waals surface area (Å²) in [6.07, 6.45) is 5.84. The van der Waals surface area contributed by atoms with E-state index < -0.39 is 0 Å². The summed E-state index contributed by atoms with van der Waals surface area (Å²) in [5, 5.41) is 12.4. The normalized spacial score (nSPS) is 19.2. The van der Waals surface area contributed by atoms with Gasteiger partial charge in [-0.3, -0.25) is 4.99 Å². The molecule has 0 bridgehead atoms. The topological polar surface area (TPSA) is 70.4 Å². The first kappa shape index (κ1) is 11.9. The van der Waals surface area contributed by atoms with Crippen LogP contribution >= 0.6 is 11.6 Å². The minimum absolute atomic E-state index is 0.269. The lowest BCUT2D eigenvalue weighted by Gasteiger charge is -2.29. The van der Waals surface area contributed by atoms with Crippen molar-refractivity contribution in [1.29, 1.82) is 0 Å².